The molecule has 0 atom stereocenters. The number of carbonyl (C=O) groups excluding carboxylic acids is 2. The average molecular weight is 470 g/mol. The van der Waals surface area contributed by atoms with E-state index in [9.17, 15) is 9.59 Å². The fourth-order valence-corrected chi connectivity index (χ4v) is 6.21. The normalized spacial score (nSPS) is 17.1. The number of carbonyl (C=O) groups is 2. The van der Waals surface area contributed by atoms with Crippen LogP contribution in [0.2, 0.25) is 0 Å². The van der Waals surface area contributed by atoms with Crippen LogP contribution in [0.4, 0.5) is 10.7 Å². The highest BCUT2D eigenvalue weighted by molar-refractivity contribution is 7.17. The third kappa shape index (κ3) is 5.41. The second-order valence-electron chi connectivity index (χ2n) is 9.14. The van der Waals surface area contributed by atoms with E-state index in [-0.39, 0.29) is 11.9 Å². The number of nitrogens with zero attached hydrogens (tertiary/aromatic N) is 2. The van der Waals surface area contributed by atoms with Gasteiger partial charge in [0.05, 0.1) is 19.2 Å². The standard InChI is InChI=1S/C26H35N3O3S/c1-18-9-8-11-21(19(18)2)29-15-13-28(14-16-29)17-23(30)27-25-24(26(31)32-3)20-10-6-4-5-7-12-22(20)33-25/h8-9,11H,4-7,10,12-17H2,1-3H3,(H,27,30). The van der Waals surface area contributed by atoms with Crippen molar-refractivity contribution in [1.29, 1.82) is 0 Å². The SMILES string of the molecule is COC(=O)c1c(NC(=O)CN2CCN(c3cccc(C)c3C)CC2)sc2c1CCCCCC2. The second kappa shape index (κ2) is 10.7. The van der Waals surface area contributed by atoms with Crippen LogP contribution in [0.3, 0.4) is 0 Å². The molecule has 2 aromatic rings. The minimum absolute atomic E-state index is 0.0606. The molecule has 178 valence electrons. The van der Waals surface area contributed by atoms with Gasteiger partial charge in [0, 0.05) is 36.7 Å². The lowest BCUT2D eigenvalue weighted by Gasteiger charge is -2.36. The van der Waals surface area contributed by atoms with E-state index in [2.05, 4.69) is 47.2 Å². The van der Waals surface area contributed by atoms with Gasteiger partial charge in [-0.3, -0.25) is 9.69 Å². The van der Waals surface area contributed by atoms with Crippen molar-refractivity contribution in [2.24, 2.45) is 0 Å². The van der Waals surface area contributed by atoms with Gasteiger partial charge in [-0.05, 0) is 62.3 Å². The molecule has 1 fully saturated rings. The highest BCUT2D eigenvalue weighted by Crippen LogP contribution is 2.37. The van der Waals surface area contributed by atoms with E-state index >= 15 is 0 Å². The quantitative estimate of drug-likeness (QED) is 0.650. The minimum atomic E-state index is -0.342. The summed E-state index contributed by atoms with van der Waals surface area (Å²) in [7, 11) is 1.41. The zero-order valence-electron chi connectivity index (χ0n) is 20.0. The number of hydrogen-bond donors (Lipinski definition) is 1. The van der Waals surface area contributed by atoms with Crippen molar-refractivity contribution < 1.29 is 14.3 Å². The number of piperazine rings is 1. The van der Waals surface area contributed by atoms with Gasteiger partial charge in [0.1, 0.15) is 5.00 Å². The highest BCUT2D eigenvalue weighted by atomic mass is 32.1. The maximum Gasteiger partial charge on any atom is 0.341 e. The Kier molecular flexibility index (Phi) is 7.71. The summed E-state index contributed by atoms with van der Waals surface area (Å²) in [5.41, 5.74) is 5.59. The van der Waals surface area contributed by atoms with E-state index in [0.717, 1.165) is 57.4 Å². The lowest BCUT2D eigenvalue weighted by molar-refractivity contribution is -0.117. The number of hydrogen-bond acceptors (Lipinski definition) is 6. The number of amides is 1. The fraction of sp³-hybridized carbons (Fsp3) is 0.538. The van der Waals surface area contributed by atoms with E-state index in [0.29, 0.717) is 17.1 Å². The second-order valence-corrected chi connectivity index (χ2v) is 10.2. The Morgan fingerprint density at radius 1 is 1.03 bits per heavy atom. The number of methoxy groups -OCH3 is 1. The zero-order chi connectivity index (χ0) is 23.4. The number of fused-ring (bicyclic) bond motifs is 1. The zero-order valence-corrected chi connectivity index (χ0v) is 20.9. The third-order valence-electron chi connectivity index (χ3n) is 6.97. The fourth-order valence-electron chi connectivity index (χ4n) is 4.92. The summed E-state index contributed by atoms with van der Waals surface area (Å²) in [4.78, 5) is 31.3. The number of nitrogens with one attached hydrogen (secondary N) is 1. The van der Waals surface area contributed by atoms with Crippen LogP contribution in [-0.2, 0) is 22.4 Å². The Morgan fingerprint density at radius 3 is 2.48 bits per heavy atom. The van der Waals surface area contributed by atoms with E-state index in [1.807, 2.05) is 0 Å². The minimum Gasteiger partial charge on any atom is -0.465 e. The van der Waals surface area contributed by atoms with Crippen molar-refractivity contribution in [3.63, 3.8) is 0 Å². The summed E-state index contributed by atoms with van der Waals surface area (Å²) in [6, 6.07) is 6.44. The molecule has 1 aromatic carbocycles. The first-order chi connectivity index (χ1) is 16.0. The van der Waals surface area contributed by atoms with Crippen LogP contribution in [0.15, 0.2) is 18.2 Å². The van der Waals surface area contributed by atoms with E-state index in [1.54, 1.807) is 11.3 Å². The van der Waals surface area contributed by atoms with Gasteiger partial charge in [-0.15, -0.1) is 11.3 Å². The topological polar surface area (TPSA) is 61.9 Å². The summed E-state index contributed by atoms with van der Waals surface area (Å²) >= 11 is 1.56. The van der Waals surface area contributed by atoms with Crippen LogP contribution in [0.1, 0.15) is 57.6 Å². The first kappa shape index (κ1) is 23.8. The number of esters is 1. The van der Waals surface area contributed by atoms with E-state index < -0.39 is 0 Å². The number of anilines is 2. The molecule has 0 radical (unpaired) electrons. The maximum atomic E-state index is 12.9. The van der Waals surface area contributed by atoms with Gasteiger partial charge in [0.15, 0.2) is 0 Å². The molecule has 33 heavy (non-hydrogen) atoms. The Balaban J connectivity index is 1.40. The van der Waals surface area contributed by atoms with Crippen molar-refractivity contribution in [2.75, 3.05) is 50.1 Å². The summed E-state index contributed by atoms with van der Waals surface area (Å²) in [5.74, 6) is -0.403. The number of ether oxygens (including phenoxy) is 1. The molecule has 0 spiro atoms. The summed E-state index contributed by atoms with van der Waals surface area (Å²) < 4.78 is 5.08. The molecule has 2 heterocycles. The predicted octanol–water partition coefficient (Wildman–Crippen LogP) is 4.57. The van der Waals surface area contributed by atoms with Crippen molar-refractivity contribution >= 4 is 33.9 Å². The molecule has 6 nitrogen and oxygen atoms in total. The van der Waals surface area contributed by atoms with Crippen LogP contribution in [-0.4, -0.2) is 56.6 Å². The summed E-state index contributed by atoms with van der Waals surface area (Å²) in [6.07, 6.45) is 6.47. The van der Waals surface area contributed by atoms with Gasteiger partial charge in [-0.2, -0.15) is 0 Å². The molecule has 0 unspecified atom stereocenters. The number of rotatable bonds is 5. The molecule has 2 aliphatic rings. The molecule has 1 aromatic heterocycles. The molecular weight excluding hydrogens is 434 g/mol. The van der Waals surface area contributed by atoms with Gasteiger partial charge in [0.25, 0.3) is 0 Å². The van der Waals surface area contributed by atoms with E-state index in [1.165, 1.54) is 41.6 Å². The molecule has 1 amide bonds. The molecule has 1 N–H and O–H groups in total. The van der Waals surface area contributed by atoms with Crippen LogP contribution < -0.4 is 10.2 Å². The van der Waals surface area contributed by atoms with Crippen molar-refractivity contribution in [3.8, 4) is 0 Å². The number of thiophene rings is 1. The van der Waals surface area contributed by atoms with Crippen LogP contribution >= 0.6 is 11.3 Å². The number of aryl methyl sites for hydroxylation is 2. The summed E-state index contributed by atoms with van der Waals surface area (Å²) in [5, 5.41) is 3.71. The first-order valence-corrected chi connectivity index (χ1v) is 12.9. The van der Waals surface area contributed by atoms with Gasteiger partial charge in [-0.25, -0.2) is 4.79 Å². The van der Waals surface area contributed by atoms with Crippen molar-refractivity contribution in [3.05, 3.63) is 45.3 Å². The molecule has 1 aliphatic heterocycles. The van der Waals surface area contributed by atoms with Crippen LogP contribution in [0.25, 0.3) is 0 Å². The van der Waals surface area contributed by atoms with Gasteiger partial charge in [0.2, 0.25) is 5.91 Å². The Labute approximate surface area is 200 Å². The van der Waals surface area contributed by atoms with Crippen LogP contribution in [0, 0.1) is 13.8 Å². The smallest absolute Gasteiger partial charge is 0.341 e. The monoisotopic (exact) mass is 469 g/mol. The third-order valence-corrected chi connectivity index (χ3v) is 8.18. The van der Waals surface area contributed by atoms with Crippen molar-refractivity contribution in [1.82, 2.24) is 4.90 Å². The Bertz CT molecular complexity index is 1010. The molecular formula is C26H35N3O3S. The molecule has 0 saturated carbocycles. The first-order valence-electron chi connectivity index (χ1n) is 12.0. The lowest BCUT2D eigenvalue weighted by atomic mass is 9.96. The predicted molar refractivity (Wildman–Crippen MR) is 135 cm³/mol. The van der Waals surface area contributed by atoms with Gasteiger partial charge >= 0.3 is 5.97 Å². The lowest BCUT2D eigenvalue weighted by Crippen LogP contribution is -2.48. The highest BCUT2D eigenvalue weighted by Gasteiger charge is 2.27. The Hall–Kier alpha value is -2.38. The van der Waals surface area contributed by atoms with Crippen molar-refractivity contribution in [2.45, 2.75) is 52.4 Å². The van der Waals surface area contributed by atoms with Gasteiger partial charge < -0.3 is 15.0 Å². The Morgan fingerprint density at radius 2 is 1.76 bits per heavy atom. The molecule has 7 heteroatoms. The molecule has 1 saturated heterocycles. The average Bonchev–Trinajstić information content (AvgIpc) is 3.11. The largest absolute Gasteiger partial charge is 0.465 e. The summed E-state index contributed by atoms with van der Waals surface area (Å²) in [6.45, 7) is 8.14. The van der Waals surface area contributed by atoms with E-state index in [4.69, 9.17) is 4.74 Å². The maximum absolute atomic E-state index is 12.9. The van der Waals surface area contributed by atoms with Gasteiger partial charge in [-0.1, -0.05) is 25.0 Å². The van der Waals surface area contributed by atoms with Crippen LogP contribution in [0.5, 0.6) is 0 Å². The number of benzene rings is 1. The molecule has 4 rings (SSSR count). The molecule has 1 aliphatic carbocycles. The molecule has 0 bridgehead atoms.